The van der Waals surface area contributed by atoms with Crippen LogP contribution in [0.1, 0.15) is 51.2 Å². The molecule has 4 rings (SSSR count). The number of anilines is 2. The van der Waals surface area contributed by atoms with Crippen molar-refractivity contribution in [1.82, 2.24) is 14.9 Å². The van der Waals surface area contributed by atoms with E-state index in [4.69, 9.17) is 17.0 Å². The molecule has 1 aliphatic heterocycles. The molecule has 0 unspecified atom stereocenters. The van der Waals surface area contributed by atoms with Crippen molar-refractivity contribution in [3.63, 3.8) is 0 Å². The summed E-state index contributed by atoms with van der Waals surface area (Å²) in [6.07, 6.45) is 3.88. The van der Waals surface area contributed by atoms with Crippen molar-refractivity contribution in [2.45, 2.75) is 46.3 Å². The van der Waals surface area contributed by atoms with E-state index in [1.807, 2.05) is 57.2 Å². The molecule has 0 bridgehead atoms. The van der Waals surface area contributed by atoms with E-state index >= 15 is 0 Å². The Bertz CT molecular complexity index is 1190. The zero-order chi connectivity index (χ0) is 24.5. The molecule has 3 aromatic rings. The second-order valence-corrected chi connectivity index (χ2v) is 9.69. The third-order valence-corrected chi connectivity index (χ3v) is 6.31. The molecule has 1 amide bonds. The van der Waals surface area contributed by atoms with E-state index in [1.54, 1.807) is 13.3 Å². The number of hydrogen-bond donors (Lipinski definition) is 2. The first-order valence-corrected chi connectivity index (χ1v) is 11.8. The van der Waals surface area contributed by atoms with Crippen molar-refractivity contribution in [3.8, 4) is 5.75 Å². The highest BCUT2D eigenvalue weighted by Gasteiger charge is 2.42. The van der Waals surface area contributed by atoms with Gasteiger partial charge in [-0.1, -0.05) is 26.8 Å². The zero-order valence-corrected chi connectivity index (χ0v) is 21.0. The number of benzene rings is 1. The Balaban J connectivity index is 1.77. The van der Waals surface area contributed by atoms with Gasteiger partial charge in [-0.25, -0.2) is 0 Å². The second-order valence-electron chi connectivity index (χ2n) is 9.30. The van der Waals surface area contributed by atoms with E-state index in [0.29, 0.717) is 16.5 Å². The van der Waals surface area contributed by atoms with Crippen molar-refractivity contribution < 1.29 is 9.53 Å². The highest BCUT2D eigenvalue weighted by Crippen LogP contribution is 2.43. The van der Waals surface area contributed by atoms with Gasteiger partial charge in [0.15, 0.2) is 5.11 Å². The Morgan fingerprint density at radius 1 is 1.21 bits per heavy atom. The van der Waals surface area contributed by atoms with Gasteiger partial charge in [0.25, 0.3) is 0 Å². The molecule has 8 heteroatoms. The summed E-state index contributed by atoms with van der Waals surface area (Å²) in [7, 11) is 1.60. The van der Waals surface area contributed by atoms with Crippen LogP contribution in [-0.2, 0) is 11.3 Å². The van der Waals surface area contributed by atoms with E-state index in [1.165, 1.54) is 0 Å². The van der Waals surface area contributed by atoms with Gasteiger partial charge in [-0.2, -0.15) is 0 Å². The number of thiocarbonyl (C=S) groups is 1. The molecule has 1 aromatic carbocycles. The number of ether oxygens (including phenoxy) is 1. The lowest BCUT2D eigenvalue weighted by Crippen LogP contribution is -2.30. The summed E-state index contributed by atoms with van der Waals surface area (Å²) in [6.45, 7) is 8.60. The molecular weight excluding hydrogens is 446 g/mol. The summed E-state index contributed by atoms with van der Waals surface area (Å²) >= 11 is 5.83. The summed E-state index contributed by atoms with van der Waals surface area (Å²) in [4.78, 5) is 19.3. The first-order valence-electron chi connectivity index (χ1n) is 11.4. The lowest BCUT2D eigenvalue weighted by atomic mass is 9.95. The average Bonchev–Trinajstić information content (AvgIpc) is 3.43. The zero-order valence-electron chi connectivity index (χ0n) is 20.2. The quantitative estimate of drug-likeness (QED) is 0.483. The van der Waals surface area contributed by atoms with E-state index in [9.17, 15) is 4.79 Å². The number of hydrogen-bond acceptors (Lipinski definition) is 4. The van der Waals surface area contributed by atoms with E-state index in [2.05, 4.69) is 50.3 Å². The Morgan fingerprint density at radius 3 is 2.65 bits per heavy atom. The number of methoxy groups -OCH3 is 1. The molecular formula is C26H31N5O2S. The summed E-state index contributed by atoms with van der Waals surface area (Å²) in [5, 5.41) is 7.07. The fourth-order valence-corrected chi connectivity index (χ4v) is 4.51. The van der Waals surface area contributed by atoms with Gasteiger partial charge < -0.3 is 24.8 Å². The number of nitrogens with zero attached hydrogens (tertiary/aromatic N) is 3. The van der Waals surface area contributed by atoms with Crippen molar-refractivity contribution in [2.75, 3.05) is 17.3 Å². The Kier molecular flexibility index (Phi) is 6.61. The van der Waals surface area contributed by atoms with Gasteiger partial charge in [0.2, 0.25) is 5.91 Å². The molecule has 34 heavy (non-hydrogen) atoms. The van der Waals surface area contributed by atoms with Gasteiger partial charge >= 0.3 is 0 Å². The topological polar surface area (TPSA) is 71.4 Å². The smallest absolute Gasteiger partial charge is 0.229 e. The van der Waals surface area contributed by atoms with Crippen molar-refractivity contribution in [3.05, 3.63) is 72.3 Å². The second kappa shape index (κ2) is 9.46. The maximum absolute atomic E-state index is 12.6. The van der Waals surface area contributed by atoms with Gasteiger partial charge in [0, 0.05) is 41.8 Å². The van der Waals surface area contributed by atoms with Gasteiger partial charge in [-0.05, 0) is 55.5 Å². The van der Waals surface area contributed by atoms with Crippen molar-refractivity contribution in [2.24, 2.45) is 5.41 Å². The van der Waals surface area contributed by atoms with E-state index in [-0.39, 0.29) is 18.0 Å². The molecule has 0 radical (unpaired) electrons. The number of pyridine rings is 1. The fraction of sp³-hybridized carbons (Fsp3) is 0.346. The summed E-state index contributed by atoms with van der Waals surface area (Å²) in [5.74, 6) is 0.495. The average molecular weight is 478 g/mol. The predicted molar refractivity (Wildman–Crippen MR) is 139 cm³/mol. The van der Waals surface area contributed by atoms with Crippen LogP contribution in [0.3, 0.4) is 0 Å². The number of rotatable bonds is 6. The summed E-state index contributed by atoms with van der Waals surface area (Å²) in [5.41, 5.74) is 3.03. The maximum Gasteiger partial charge on any atom is 0.229 e. The molecule has 0 saturated carbocycles. The SMILES string of the molecule is CCn1cccc1[C@@H]1[C@H](c2ccccn2)NC(=S)N1c1ccc(NC(=O)C(C)(C)C)c(OC)c1. The van der Waals surface area contributed by atoms with Crippen LogP contribution < -0.4 is 20.3 Å². The lowest BCUT2D eigenvalue weighted by molar-refractivity contribution is -0.123. The summed E-state index contributed by atoms with van der Waals surface area (Å²) in [6, 6.07) is 15.6. The number of aryl methyl sites for hydroxylation is 1. The fourth-order valence-electron chi connectivity index (χ4n) is 4.16. The molecule has 7 nitrogen and oxygen atoms in total. The van der Waals surface area contributed by atoms with Gasteiger partial charge in [0.05, 0.1) is 24.5 Å². The predicted octanol–water partition coefficient (Wildman–Crippen LogP) is 5.07. The van der Waals surface area contributed by atoms with Crippen LogP contribution in [0.4, 0.5) is 11.4 Å². The Hall–Kier alpha value is -3.39. The number of carbonyl (C=O) groups excluding carboxylic acids is 1. The normalized spacial score (nSPS) is 18.0. The minimum atomic E-state index is -0.517. The van der Waals surface area contributed by atoms with E-state index < -0.39 is 5.41 Å². The standard InChI is InChI=1S/C26H31N5O2S/c1-6-30-15-9-11-20(30)23-22(19-10-7-8-14-27-19)29-25(34)31(23)17-12-13-18(21(16-17)33-5)28-24(32)26(2,3)4/h7-16,22-23H,6H2,1-5H3,(H,28,32)(H,29,34)/t22-,23+/m0/s1. The highest BCUT2D eigenvalue weighted by molar-refractivity contribution is 7.80. The van der Waals surface area contributed by atoms with Crippen LogP contribution in [0.2, 0.25) is 0 Å². The lowest BCUT2D eigenvalue weighted by Gasteiger charge is -2.29. The monoisotopic (exact) mass is 477 g/mol. The Labute approximate surface area is 206 Å². The molecule has 0 spiro atoms. The van der Waals surface area contributed by atoms with Crippen LogP contribution in [-0.4, -0.2) is 27.7 Å². The molecule has 1 fully saturated rings. The summed E-state index contributed by atoms with van der Waals surface area (Å²) < 4.78 is 7.87. The van der Waals surface area contributed by atoms with Crippen LogP contribution in [0, 0.1) is 5.41 Å². The number of aromatic nitrogens is 2. The first-order chi connectivity index (χ1) is 16.2. The minimum absolute atomic E-state index is 0.0780. The largest absolute Gasteiger partial charge is 0.494 e. The van der Waals surface area contributed by atoms with Gasteiger partial charge in [-0.15, -0.1) is 0 Å². The highest BCUT2D eigenvalue weighted by atomic mass is 32.1. The maximum atomic E-state index is 12.6. The first kappa shape index (κ1) is 23.8. The molecule has 1 aliphatic rings. The van der Waals surface area contributed by atoms with Crippen LogP contribution >= 0.6 is 12.2 Å². The van der Waals surface area contributed by atoms with Gasteiger partial charge in [0.1, 0.15) is 11.8 Å². The molecule has 2 aromatic heterocycles. The molecule has 178 valence electrons. The number of nitrogens with one attached hydrogen (secondary N) is 2. The Morgan fingerprint density at radius 2 is 2.00 bits per heavy atom. The number of amides is 1. The van der Waals surface area contributed by atoms with Gasteiger partial charge in [-0.3, -0.25) is 9.78 Å². The molecule has 2 N–H and O–H groups in total. The van der Waals surface area contributed by atoms with Crippen molar-refractivity contribution >= 4 is 34.6 Å². The molecule has 2 atom stereocenters. The number of carbonyl (C=O) groups is 1. The molecule has 0 aliphatic carbocycles. The van der Waals surface area contributed by atoms with E-state index in [0.717, 1.165) is 23.6 Å². The third kappa shape index (κ3) is 4.50. The third-order valence-electron chi connectivity index (χ3n) is 6.00. The van der Waals surface area contributed by atoms with Crippen molar-refractivity contribution in [1.29, 1.82) is 0 Å². The van der Waals surface area contributed by atoms with Crippen LogP contribution in [0.25, 0.3) is 0 Å². The molecule has 1 saturated heterocycles. The minimum Gasteiger partial charge on any atom is -0.494 e. The molecule has 3 heterocycles. The van der Waals surface area contributed by atoms with Crippen LogP contribution in [0.5, 0.6) is 5.75 Å². The van der Waals surface area contributed by atoms with Crippen LogP contribution in [0.15, 0.2) is 60.9 Å².